The molecule has 0 rings (SSSR count). The number of rotatable bonds is 24. The van der Waals surface area contributed by atoms with Gasteiger partial charge in [0.05, 0.1) is 11.7 Å². The van der Waals surface area contributed by atoms with Gasteiger partial charge in [0.25, 0.3) is 0 Å². The van der Waals surface area contributed by atoms with Crippen LogP contribution in [-0.4, -0.2) is 29.2 Å². The number of thioether (sulfide) groups is 2. The minimum atomic E-state index is -0.0627. The molecule has 0 radical (unpaired) electrons. The highest BCUT2D eigenvalue weighted by Gasteiger charge is 2.10. The number of unbranched alkanes of at least 4 members (excludes halogenated alkanes) is 14. The molecule has 0 aliphatic carbocycles. The maximum Gasteiger partial charge on any atom is 0.305 e. The Balaban J connectivity index is 3.86. The van der Waals surface area contributed by atoms with Crippen LogP contribution < -0.4 is 0 Å². The Morgan fingerprint density at radius 3 is 1.57 bits per heavy atom. The van der Waals surface area contributed by atoms with Gasteiger partial charge in [-0.2, -0.15) is 0 Å². The number of hydrogen-bond donors (Lipinski definition) is 0. The van der Waals surface area contributed by atoms with Gasteiger partial charge in [-0.1, -0.05) is 104 Å². The zero-order chi connectivity index (χ0) is 22.1. The fraction of sp³-hybridized carbons (Fsp3) is 0.962. The summed E-state index contributed by atoms with van der Waals surface area (Å²) in [6, 6.07) is 0. The number of carbonyl (C=O) groups is 1. The molecule has 0 aliphatic rings. The summed E-state index contributed by atoms with van der Waals surface area (Å²) in [6.07, 6.45) is 24.8. The molecule has 0 N–H and O–H groups in total. The predicted molar refractivity (Wildman–Crippen MR) is 140 cm³/mol. The fourth-order valence-corrected chi connectivity index (χ4v) is 6.52. The molecular formula is C26H52O2S2. The molecule has 180 valence electrons. The molecule has 0 saturated heterocycles. The predicted octanol–water partition coefficient (Wildman–Crippen LogP) is 9.40. The van der Waals surface area contributed by atoms with Crippen molar-refractivity contribution in [3.8, 4) is 0 Å². The maximum atomic E-state index is 11.2. The third-order valence-electron chi connectivity index (χ3n) is 5.65. The summed E-state index contributed by atoms with van der Waals surface area (Å²) in [5, 5.41) is 0. The van der Waals surface area contributed by atoms with Crippen molar-refractivity contribution < 1.29 is 9.53 Å². The number of ether oxygens (including phenoxy) is 1. The first-order chi connectivity index (χ1) is 14.7. The second kappa shape index (κ2) is 25.4. The van der Waals surface area contributed by atoms with E-state index in [0.717, 1.165) is 17.4 Å². The van der Waals surface area contributed by atoms with Gasteiger partial charge < -0.3 is 4.74 Å². The second-order valence-electron chi connectivity index (χ2n) is 8.59. The molecule has 4 heteroatoms. The monoisotopic (exact) mass is 460 g/mol. The Morgan fingerprint density at radius 1 is 0.633 bits per heavy atom. The highest BCUT2D eigenvalue weighted by Crippen LogP contribution is 2.31. The fourth-order valence-electron chi connectivity index (χ4n) is 3.62. The average molecular weight is 461 g/mol. The quantitative estimate of drug-likeness (QED) is 0.0813. The van der Waals surface area contributed by atoms with Crippen molar-refractivity contribution in [2.75, 3.05) is 18.6 Å². The van der Waals surface area contributed by atoms with E-state index in [9.17, 15) is 4.79 Å². The summed E-state index contributed by atoms with van der Waals surface area (Å²) in [5.41, 5.74) is 0. The maximum absolute atomic E-state index is 11.2. The third-order valence-corrected chi connectivity index (χ3v) is 8.73. The Bertz CT molecular complexity index is 332. The molecule has 0 heterocycles. The topological polar surface area (TPSA) is 26.3 Å². The molecule has 0 aromatic carbocycles. The zero-order valence-corrected chi connectivity index (χ0v) is 22.2. The summed E-state index contributed by atoms with van der Waals surface area (Å²) in [5.74, 6) is 2.63. The lowest BCUT2D eigenvalue weighted by molar-refractivity contribution is -0.140. The number of hydrogen-bond acceptors (Lipinski definition) is 4. The van der Waals surface area contributed by atoms with Crippen LogP contribution in [0.2, 0.25) is 0 Å². The molecule has 0 aliphatic heterocycles. The van der Waals surface area contributed by atoms with E-state index in [1.54, 1.807) is 0 Å². The smallest absolute Gasteiger partial charge is 0.305 e. The SMILES string of the molecule is CCCCCCCCSC(CCCCCCCC(=O)OC)SCCCCCCCC. The summed E-state index contributed by atoms with van der Waals surface area (Å²) in [7, 11) is 1.48. The van der Waals surface area contributed by atoms with E-state index in [4.69, 9.17) is 4.74 Å². The molecule has 0 saturated carbocycles. The van der Waals surface area contributed by atoms with Gasteiger partial charge in [-0.15, -0.1) is 23.5 Å². The van der Waals surface area contributed by atoms with Gasteiger partial charge in [0.15, 0.2) is 0 Å². The Kier molecular flexibility index (Phi) is 25.6. The molecular weight excluding hydrogens is 408 g/mol. The van der Waals surface area contributed by atoms with Gasteiger partial charge in [-0.3, -0.25) is 4.79 Å². The zero-order valence-electron chi connectivity index (χ0n) is 20.6. The van der Waals surface area contributed by atoms with E-state index in [1.807, 2.05) is 0 Å². The van der Waals surface area contributed by atoms with Crippen molar-refractivity contribution in [3.05, 3.63) is 0 Å². The van der Waals surface area contributed by atoms with Gasteiger partial charge in [-0.25, -0.2) is 0 Å². The molecule has 0 fully saturated rings. The van der Waals surface area contributed by atoms with Gasteiger partial charge >= 0.3 is 5.97 Å². The average Bonchev–Trinajstić information content (AvgIpc) is 2.76. The van der Waals surface area contributed by atoms with E-state index in [0.29, 0.717) is 6.42 Å². The molecule has 0 bridgehead atoms. The molecule has 2 nitrogen and oxygen atoms in total. The molecule has 0 spiro atoms. The summed E-state index contributed by atoms with van der Waals surface area (Å²) >= 11 is 4.47. The number of carbonyl (C=O) groups excluding carboxylic acids is 1. The van der Waals surface area contributed by atoms with Crippen molar-refractivity contribution in [1.82, 2.24) is 0 Å². The van der Waals surface area contributed by atoms with Gasteiger partial charge in [0.1, 0.15) is 0 Å². The van der Waals surface area contributed by atoms with Gasteiger partial charge in [-0.05, 0) is 37.2 Å². The molecule has 0 amide bonds. The van der Waals surface area contributed by atoms with Crippen LogP contribution in [0, 0.1) is 0 Å². The first-order valence-electron chi connectivity index (χ1n) is 13.0. The minimum Gasteiger partial charge on any atom is -0.469 e. The largest absolute Gasteiger partial charge is 0.469 e. The van der Waals surface area contributed by atoms with E-state index < -0.39 is 0 Å². The lowest BCUT2D eigenvalue weighted by atomic mass is 10.1. The van der Waals surface area contributed by atoms with Gasteiger partial charge in [0.2, 0.25) is 0 Å². The van der Waals surface area contributed by atoms with Crippen molar-refractivity contribution in [1.29, 1.82) is 0 Å². The van der Waals surface area contributed by atoms with E-state index in [2.05, 4.69) is 37.4 Å². The van der Waals surface area contributed by atoms with Crippen LogP contribution in [0.4, 0.5) is 0 Å². The molecule has 0 aromatic rings. The van der Waals surface area contributed by atoms with E-state index >= 15 is 0 Å². The number of methoxy groups -OCH3 is 1. The molecule has 0 atom stereocenters. The van der Waals surface area contributed by atoms with E-state index in [-0.39, 0.29) is 5.97 Å². The standard InChI is InChI=1S/C26H52O2S2/c1-4-6-8-10-15-19-23-29-26(30-24-20-16-11-9-7-5-2)22-18-14-12-13-17-21-25(27)28-3/h26H,4-24H2,1-3H3. The Labute approximate surface area is 197 Å². The Morgan fingerprint density at radius 2 is 1.07 bits per heavy atom. The van der Waals surface area contributed by atoms with Crippen LogP contribution in [0.15, 0.2) is 0 Å². The second-order valence-corrected chi connectivity index (χ2v) is 11.5. The van der Waals surface area contributed by atoms with Crippen LogP contribution >= 0.6 is 23.5 Å². The van der Waals surface area contributed by atoms with Crippen LogP contribution in [0.3, 0.4) is 0 Å². The normalized spacial score (nSPS) is 11.3. The van der Waals surface area contributed by atoms with Crippen molar-refractivity contribution >= 4 is 29.5 Å². The van der Waals surface area contributed by atoms with Crippen molar-refractivity contribution in [2.24, 2.45) is 0 Å². The summed E-state index contributed by atoms with van der Waals surface area (Å²) < 4.78 is 5.51. The van der Waals surface area contributed by atoms with E-state index in [1.165, 1.54) is 121 Å². The van der Waals surface area contributed by atoms with Crippen LogP contribution in [0.5, 0.6) is 0 Å². The van der Waals surface area contributed by atoms with Crippen molar-refractivity contribution in [2.45, 2.75) is 140 Å². The lowest BCUT2D eigenvalue weighted by Crippen LogP contribution is -2.01. The molecule has 30 heavy (non-hydrogen) atoms. The highest BCUT2D eigenvalue weighted by molar-refractivity contribution is 8.17. The van der Waals surface area contributed by atoms with Crippen LogP contribution in [0.1, 0.15) is 136 Å². The highest BCUT2D eigenvalue weighted by atomic mass is 32.2. The van der Waals surface area contributed by atoms with Crippen LogP contribution in [-0.2, 0) is 9.53 Å². The number of esters is 1. The summed E-state index contributed by atoms with van der Waals surface area (Å²) in [6.45, 7) is 4.58. The first kappa shape index (κ1) is 30.2. The lowest BCUT2D eigenvalue weighted by Gasteiger charge is -2.16. The molecule has 0 unspecified atom stereocenters. The van der Waals surface area contributed by atoms with Gasteiger partial charge in [0, 0.05) is 6.42 Å². The Hall–Kier alpha value is 0.170. The third kappa shape index (κ3) is 22.8. The summed E-state index contributed by atoms with van der Waals surface area (Å²) in [4.78, 5) is 11.2. The van der Waals surface area contributed by atoms with Crippen LogP contribution in [0.25, 0.3) is 0 Å². The molecule has 0 aromatic heterocycles. The van der Waals surface area contributed by atoms with Crippen molar-refractivity contribution in [3.63, 3.8) is 0 Å². The minimum absolute atomic E-state index is 0.0627. The first-order valence-corrected chi connectivity index (χ1v) is 15.1.